The molecule has 3 heteroatoms. The minimum Gasteiger partial charge on any atom is -0.320 e. The Morgan fingerprint density at radius 2 is 2.19 bits per heavy atom. The highest BCUT2D eigenvalue weighted by Gasteiger charge is 2.14. The Bertz CT molecular complexity index is 409. The molecule has 1 N–H and O–H groups in total. The van der Waals surface area contributed by atoms with Crippen molar-refractivity contribution >= 4 is 0 Å². The third-order valence-electron chi connectivity index (χ3n) is 3.31. The van der Waals surface area contributed by atoms with Crippen LogP contribution in [0.2, 0.25) is 0 Å². The summed E-state index contributed by atoms with van der Waals surface area (Å²) >= 11 is 0. The van der Waals surface area contributed by atoms with Crippen molar-refractivity contribution in [2.24, 2.45) is 0 Å². The van der Waals surface area contributed by atoms with Gasteiger partial charge in [0.05, 0.1) is 0 Å². The van der Waals surface area contributed by atoms with Crippen molar-refractivity contribution in [2.75, 3.05) is 13.6 Å². The lowest BCUT2D eigenvalue weighted by molar-refractivity contribution is 0.562. The second-order valence-electron chi connectivity index (χ2n) is 4.46. The molecule has 0 fully saturated rings. The lowest BCUT2D eigenvalue weighted by atomic mass is 10.2. The third kappa shape index (κ3) is 2.35. The monoisotopic (exact) mass is 220 g/mol. The molecule has 0 aliphatic heterocycles. The molecule has 88 valence electrons. The van der Waals surface area contributed by atoms with Gasteiger partial charge in [-0.05, 0) is 51.3 Å². The van der Waals surface area contributed by atoms with Crippen LogP contribution in [0.1, 0.15) is 30.5 Å². The molecule has 0 bridgehead atoms. The minimum absolute atomic E-state index is 0.171. The van der Waals surface area contributed by atoms with E-state index >= 15 is 0 Å². The predicted molar refractivity (Wildman–Crippen MR) is 65.9 cm³/mol. The molecular weight excluding hydrogens is 200 g/mol. The van der Waals surface area contributed by atoms with Gasteiger partial charge in [0.2, 0.25) is 0 Å². The van der Waals surface area contributed by atoms with Gasteiger partial charge in [0, 0.05) is 18.3 Å². The van der Waals surface area contributed by atoms with Gasteiger partial charge in [0.1, 0.15) is 0 Å². The summed E-state index contributed by atoms with van der Waals surface area (Å²) in [5.41, 5.74) is 2.84. The van der Waals surface area contributed by atoms with Crippen LogP contribution >= 0.6 is 0 Å². The summed E-state index contributed by atoms with van der Waals surface area (Å²) in [6, 6.07) is 3.73. The van der Waals surface area contributed by atoms with E-state index in [2.05, 4.69) is 5.32 Å². The molecular formula is C13H20N2O. The normalized spacial score (nSPS) is 14.1. The van der Waals surface area contributed by atoms with Crippen molar-refractivity contribution in [1.82, 2.24) is 9.88 Å². The number of hydrogen-bond donors (Lipinski definition) is 1. The number of fused-ring (bicyclic) bond motifs is 1. The molecule has 1 aliphatic rings. The number of aromatic nitrogens is 1. The fraction of sp³-hybridized carbons (Fsp3) is 0.615. The van der Waals surface area contributed by atoms with Gasteiger partial charge in [-0.25, -0.2) is 0 Å². The molecule has 0 atom stereocenters. The van der Waals surface area contributed by atoms with Crippen molar-refractivity contribution in [2.45, 2.75) is 38.6 Å². The van der Waals surface area contributed by atoms with Crippen LogP contribution in [0.5, 0.6) is 0 Å². The number of unbranched alkanes of at least 4 members (excludes halogenated alkanes) is 1. The zero-order valence-corrected chi connectivity index (χ0v) is 9.96. The Labute approximate surface area is 96.5 Å². The van der Waals surface area contributed by atoms with Crippen molar-refractivity contribution in [3.8, 4) is 0 Å². The van der Waals surface area contributed by atoms with Crippen LogP contribution in [-0.4, -0.2) is 18.2 Å². The van der Waals surface area contributed by atoms with Gasteiger partial charge in [-0.2, -0.15) is 0 Å². The first-order valence-corrected chi connectivity index (χ1v) is 6.19. The van der Waals surface area contributed by atoms with Gasteiger partial charge in [-0.1, -0.05) is 6.07 Å². The Morgan fingerprint density at radius 3 is 3.00 bits per heavy atom. The molecule has 2 rings (SSSR count). The van der Waals surface area contributed by atoms with Crippen molar-refractivity contribution in [1.29, 1.82) is 0 Å². The van der Waals surface area contributed by atoms with Gasteiger partial charge < -0.3 is 9.88 Å². The molecule has 1 aromatic heterocycles. The molecule has 16 heavy (non-hydrogen) atoms. The fourth-order valence-electron chi connectivity index (χ4n) is 2.45. The number of hydrogen-bond acceptors (Lipinski definition) is 2. The predicted octanol–water partition coefficient (Wildman–Crippen LogP) is 1.34. The summed E-state index contributed by atoms with van der Waals surface area (Å²) in [7, 11) is 1.96. The average molecular weight is 220 g/mol. The zero-order valence-electron chi connectivity index (χ0n) is 9.96. The lowest BCUT2D eigenvalue weighted by Crippen LogP contribution is -2.23. The minimum atomic E-state index is 0.171. The van der Waals surface area contributed by atoms with E-state index in [-0.39, 0.29) is 5.56 Å². The van der Waals surface area contributed by atoms with Crippen LogP contribution in [-0.2, 0) is 19.4 Å². The molecule has 1 aromatic rings. The average Bonchev–Trinajstić information content (AvgIpc) is 2.75. The van der Waals surface area contributed by atoms with Crippen molar-refractivity contribution in [3.05, 3.63) is 33.7 Å². The second kappa shape index (κ2) is 5.30. The quantitative estimate of drug-likeness (QED) is 0.760. The SMILES string of the molecule is CNCCCCn1c2c(ccc1=O)CCC2. The Morgan fingerprint density at radius 1 is 1.31 bits per heavy atom. The summed E-state index contributed by atoms with van der Waals surface area (Å²) in [6.45, 7) is 1.91. The molecule has 0 saturated heterocycles. The maximum atomic E-state index is 11.8. The topological polar surface area (TPSA) is 34.0 Å². The zero-order chi connectivity index (χ0) is 11.4. The molecule has 0 saturated carbocycles. The maximum Gasteiger partial charge on any atom is 0.250 e. The summed E-state index contributed by atoms with van der Waals surface area (Å²) in [4.78, 5) is 11.8. The van der Waals surface area contributed by atoms with E-state index < -0.39 is 0 Å². The van der Waals surface area contributed by atoms with E-state index in [9.17, 15) is 4.79 Å². The second-order valence-corrected chi connectivity index (χ2v) is 4.46. The smallest absolute Gasteiger partial charge is 0.250 e. The largest absolute Gasteiger partial charge is 0.320 e. The number of nitrogens with one attached hydrogen (secondary N) is 1. The Kier molecular flexibility index (Phi) is 3.78. The number of nitrogens with zero attached hydrogens (tertiary/aromatic N) is 1. The van der Waals surface area contributed by atoms with Gasteiger partial charge in [0.25, 0.3) is 5.56 Å². The molecule has 1 aliphatic carbocycles. The summed E-state index contributed by atoms with van der Waals surface area (Å²) in [5, 5.41) is 3.13. The van der Waals surface area contributed by atoms with E-state index in [4.69, 9.17) is 0 Å². The van der Waals surface area contributed by atoms with E-state index in [1.54, 1.807) is 6.07 Å². The molecule has 0 aromatic carbocycles. The summed E-state index contributed by atoms with van der Waals surface area (Å²) in [6.07, 6.45) is 5.64. The number of aryl methyl sites for hydroxylation is 1. The number of rotatable bonds is 5. The molecule has 0 unspecified atom stereocenters. The molecule has 0 radical (unpaired) electrons. The molecule has 3 nitrogen and oxygen atoms in total. The van der Waals surface area contributed by atoms with E-state index in [1.165, 1.54) is 17.7 Å². The summed E-state index contributed by atoms with van der Waals surface area (Å²) < 4.78 is 1.98. The molecule has 0 spiro atoms. The Balaban J connectivity index is 2.08. The van der Waals surface area contributed by atoms with Gasteiger partial charge in [-0.3, -0.25) is 4.79 Å². The van der Waals surface area contributed by atoms with Gasteiger partial charge in [0.15, 0.2) is 0 Å². The first kappa shape index (κ1) is 11.4. The maximum absolute atomic E-state index is 11.8. The van der Waals surface area contributed by atoms with Gasteiger partial charge >= 0.3 is 0 Å². The van der Waals surface area contributed by atoms with Crippen molar-refractivity contribution in [3.63, 3.8) is 0 Å². The highest BCUT2D eigenvalue weighted by atomic mass is 16.1. The van der Waals surface area contributed by atoms with Crippen LogP contribution < -0.4 is 10.9 Å². The van der Waals surface area contributed by atoms with Crippen molar-refractivity contribution < 1.29 is 0 Å². The van der Waals surface area contributed by atoms with Crippen LogP contribution in [0.15, 0.2) is 16.9 Å². The lowest BCUT2D eigenvalue weighted by Gasteiger charge is -2.11. The first-order chi connectivity index (χ1) is 7.83. The summed E-state index contributed by atoms with van der Waals surface area (Å²) in [5.74, 6) is 0. The molecule has 1 heterocycles. The number of pyridine rings is 1. The highest BCUT2D eigenvalue weighted by Crippen LogP contribution is 2.19. The Hall–Kier alpha value is -1.09. The van der Waals surface area contributed by atoms with E-state index in [0.717, 1.165) is 38.8 Å². The van der Waals surface area contributed by atoms with Crippen LogP contribution in [0.25, 0.3) is 0 Å². The van der Waals surface area contributed by atoms with E-state index in [0.29, 0.717) is 0 Å². The fourth-order valence-corrected chi connectivity index (χ4v) is 2.45. The van der Waals surface area contributed by atoms with Gasteiger partial charge in [-0.15, -0.1) is 0 Å². The standard InChI is InChI=1S/C13H20N2O/c1-14-9-2-3-10-15-12-6-4-5-11(12)7-8-13(15)16/h7-8,14H,2-6,9-10H2,1H3. The third-order valence-corrected chi connectivity index (χ3v) is 3.31. The van der Waals surface area contributed by atoms with Crippen LogP contribution in [0.4, 0.5) is 0 Å². The first-order valence-electron chi connectivity index (χ1n) is 6.19. The highest BCUT2D eigenvalue weighted by molar-refractivity contribution is 5.25. The van der Waals surface area contributed by atoms with Crippen LogP contribution in [0.3, 0.4) is 0 Å². The molecule has 0 amide bonds. The van der Waals surface area contributed by atoms with E-state index in [1.807, 2.05) is 17.7 Å². The van der Waals surface area contributed by atoms with Crippen LogP contribution in [0, 0.1) is 0 Å².